The van der Waals surface area contributed by atoms with Crippen LogP contribution in [0.15, 0.2) is 0 Å². The van der Waals surface area contributed by atoms with Crippen LogP contribution in [0, 0.1) is 0 Å². The Morgan fingerprint density at radius 1 is 1.30 bits per heavy atom. The van der Waals surface area contributed by atoms with Gasteiger partial charge in [0.05, 0.1) is 0 Å². The number of carbonyl (C=O) groups excluding carboxylic acids is 1. The molecule has 0 unspecified atom stereocenters. The molecule has 2 fully saturated rings. The molecule has 0 spiro atoms. The number of piperazine rings is 1. The monoisotopic (exact) mass is 409 g/mol. The molecule has 4 nitrogen and oxygen atoms in total. The number of rotatable bonds is 4. The molecule has 120 valence electrons. The summed E-state index contributed by atoms with van der Waals surface area (Å²) in [5.41, 5.74) is 0. The molecule has 0 radical (unpaired) electrons. The van der Waals surface area contributed by atoms with Gasteiger partial charge in [0, 0.05) is 0 Å². The molecule has 2 aliphatic heterocycles. The molecule has 2 saturated heterocycles. The summed E-state index contributed by atoms with van der Waals surface area (Å²) in [6.45, 7) is 4.68. The first-order valence-corrected chi connectivity index (χ1v) is 10.9. The topological polar surface area (TPSA) is 35.6 Å². The van der Waals surface area contributed by atoms with Crippen molar-refractivity contribution in [2.75, 3.05) is 45.5 Å². The Hall–Kier alpha value is 0.839. The van der Waals surface area contributed by atoms with Gasteiger partial charge in [-0.25, -0.2) is 0 Å². The van der Waals surface area contributed by atoms with Crippen LogP contribution in [0.3, 0.4) is 0 Å². The van der Waals surface area contributed by atoms with Crippen molar-refractivity contribution in [3.63, 3.8) is 0 Å². The maximum absolute atomic E-state index is 12.0. The molecule has 1 N–H and O–H groups in total. The second-order valence-corrected chi connectivity index (χ2v) is 9.61. The molecule has 0 aromatic heterocycles. The Balaban J connectivity index is 0.00000180. The summed E-state index contributed by atoms with van der Waals surface area (Å²) in [6, 6.07) is 0.644. The van der Waals surface area contributed by atoms with Crippen molar-refractivity contribution in [2.45, 2.75) is 24.2 Å². The van der Waals surface area contributed by atoms with E-state index in [9.17, 15) is 4.79 Å². The molecule has 2 rings (SSSR count). The van der Waals surface area contributed by atoms with E-state index in [4.69, 9.17) is 0 Å². The summed E-state index contributed by atoms with van der Waals surface area (Å²) >= 11 is 0.813. The fourth-order valence-corrected chi connectivity index (χ4v) is 6.56. The largest absolute Gasteiger partial charge is 0.147 e. The van der Waals surface area contributed by atoms with Gasteiger partial charge in [0.15, 0.2) is 0 Å². The Morgan fingerprint density at radius 3 is 2.60 bits per heavy atom. The van der Waals surface area contributed by atoms with Crippen molar-refractivity contribution in [2.24, 2.45) is 0 Å². The summed E-state index contributed by atoms with van der Waals surface area (Å²) in [5, 5.41) is 4.91. The number of amides is 1. The van der Waals surface area contributed by atoms with E-state index >= 15 is 0 Å². The van der Waals surface area contributed by atoms with E-state index in [1.165, 1.54) is 17.5 Å². The predicted molar refractivity (Wildman–Crippen MR) is 92.6 cm³/mol. The van der Waals surface area contributed by atoms with Gasteiger partial charge in [0.1, 0.15) is 0 Å². The Labute approximate surface area is 144 Å². The summed E-state index contributed by atoms with van der Waals surface area (Å²) < 4.78 is 0. The molecule has 0 aromatic carbocycles. The molecule has 2 aliphatic rings. The van der Waals surface area contributed by atoms with Crippen LogP contribution in [0.5, 0.6) is 0 Å². The molecule has 1 atom stereocenters. The zero-order valence-electron chi connectivity index (χ0n) is 11.9. The molecule has 0 bridgehead atoms. The van der Waals surface area contributed by atoms with Gasteiger partial charge in [-0.3, -0.25) is 0 Å². The maximum atomic E-state index is 12.0. The number of halogens is 2. The fourth-order valence-electron chi connectivity index (χ4n) is 2.22. The van der Waals surface area contributed by atoms with Crippen molar-refractivity contribution in [1.29, 1.82) is 0 Å². The van der Waals surface area contributed by atoms with Gasteiger partial charge in [-0.1, -0.05) is 0 Å². The maximum Gasteiger partial charge on any atom is -0.147 e. The van der Waals surface area contributed by atoms with E-state index in [1.807, 2.05) is 4.90 Å². The number of hydrogen-bond acceptors (Lipinski definition) is 4. The van der Waals surface area contributed by atoms with Crippen molar-refractivity contribution in [3.05, 3.63) is 0 Å². The molecule has 20 heavy (non-hydrogen) atoms. The molecule has 1 amide bonds. The van der Waals surface area contributed by atoms with Crippen LogP contribution in [-0.4, -0.2) is 81.1 Å². The number of hydrogen-bond donors (Lipinski definition) is 1. The van der Waals surface area contributed by atoms with Crippen molar-refractivity contribution < 1.29 is 4.79 Å². The zero-order chi connectivity index (χ0) is 12.8. The van der Waals surface area contributed by atoms with Gasteiger partial charge in [-0.05, 0) is 0 Å². The van der Waals surface area contributed by atoms with Gasteiger partial charge in [0.25, 0.3) is 0 Å². The van der Waals surface area contributed by atoms with Crippen molar-refractivity contribution in [1.82, 2.24) is 15.1 Å². The van der Waals surface area contributed by atoms with Gasteiger partial charge < -0.3 is 0 Å². The number of carbonyl (C=O) groups is 1. The minimum Gasteiger partial charge on any atom is -0.147 e. The van der Waals surface area contributed by atoms with E-state index in [-0.39, 0.29) is 24.8 Å². The Kier molecular flexibility index (Phi) is 11.9. The van der Waals surface area contributed by atoms with Gasteiger partial charge in [0.2, 0.25) is 0 Å². The fraction of sp³-hybridized carbons (Fsp3) is 0.917. The molecule has 8 heteroatoms. The van der Waals surface area contributed by atoms with Crippen LogP contribution in [0.1, 0.15) is 12.8 Å². The first-order valence-electron chi connectivity index (χ1n) is 6.70. The normalized spacial score (nSPS) is 23.6. The van der Waals surface area contributed by atoms with Gasteiger partial charge >= 0.3 is 120 Å². The van der Waals surface area contributed by atoms with E-state index < -0.39 is 0 Å². The second kappa shape index (κ2) is 11.4. The molecule has 0 aromatic rings. The van der Waals surface area contributed by atoms with Crippen LogP contribution in [0.25, 0.3) is 0 Å². The number of nitrogens with one attached hydrogen (secondary N) is 1. The van der Waals surface area contributed by atoms with Gasteiger partial charge in [-0.15, -0.1) is 24.8 Å². The first kappa shape index (κ1) is 20.8. The van der Waals surface area contributed by atoms with Crippen LogP contribution < -0.4 is 5.32 Å². The molecule has 0 aliphatic carbocycles. The minimum absolute atomic E-state index is 0. The SMILES string of the molecule is CN1CCN(C(=O)CCN[C@H]2CC[Se]SC2)CC1.Cl.Cl. The minimum atomic E-state index is 0. The van der Waals surface area contributed by atoms with E-state index in [0.29, 0.717) is 18.4 Å². The average molecular weight is 409 g/mol. The van der Waals surface area contributed by atoms with Crippen LogP contribution in [-0.2, 0) is 4.79 Å². The Bertz CT molecular complexity index is 275. The van der Waals surface area contributed by atoms with E-state index in [2.05, 4.69) is 27.4 Å². The van der Waals surface area contributed by atoms with Crippen molar-refractivity contribution >= 4 is 54.7 Å². The molecule has 0 saturated carbocycles. The third kappa shape index (κ3) is 7.21. The van der Waals surface area contributed by atoms with E-state index in [1.54, 1.807) is 0 Å². The third-order valence-electron chi connectivity index (χ3n) is 3.53. The van der Waals surface area contributed by atoms with Crippen LogP contribution in [0.2, 0.25) is 5.32 Å². The zero-order valence-corrected chi connectivity index (χ0v) is 16.0. The van der Waals surface area contributed by atoms with Crippen molar-refractivity contribution in [3.8, 4) is 0 Å². The first-order chi connectivity index (χ1) is 8.75. The summed E-state index contributed by atoms with van der Waals surface area (Å²) in [5.74, 6) is 1.56. The average Bonchev–Trinajstić information content (AvgIpc) is 2.40. The summed E-state index contributed by atoms with van der Waals surface area (Å²) in [4.78, 5) is 16.3. The quantitative estimate of drug-likeness (QED) is 0.707. The van der Waals surface area contributed by atoms with Crippen LogP contribution >= 0.6 is 35.0 Å². The van der Waals surface area contributed by atoms with Gasteiger partial charge in [-0.2, -0.15) is 0 Å². The Morgan fingerprint density at radius 2 is 2.00 bits per heavy atom. The predicted octanol–water partition coefficient (Wildman–Crippen LogP) is 1.13. The smallest absolute Gasteiger partial charge is 0.147 e. The standard InChI is InChI=1S/C12H23N3OSSe.2ClH/c1-14-5-7-15(8-6-14)12(16)2-4-13-11-3-9-18-17-10-11;;/h11,13H,2-10H2,1H3;2*1H/t11-;;/m0../s1. The summed E-state index contributed by atoms with van der Waals surface area (Å²) in [6.07, 6.45) is 1.96. The molecule has 2 heterocycles. The molecular weight excluding hydrogens is 384 g/mol. The summed E-state index contributed by atoms with van der Waals surface area (Å²) in [7, 11) is 4.21. The number of nitrogens with zero attached hydrogens (tertiary/aromatic N) is 2. The molecular formula is C12H25Cl2N3OSSe. The number of likely N-dealkylation sites (N-methyl/N-ethyl adjacent to an activating group) is 1. The second-order valence-electron chi connectivity index (χ2n) is 4.98. The van der Waals surface area contributed by atoms with Crippen LogP contribution in [0.4, 0.5) is 0 Å². The third-order valence-corrected chi connectivity index (χ3v) is 7.85. The van der Waals surface area contributed by atoms with E-state index in [0.717, 1.165) is 46.6 Å².